The van der Waals surface area contributed by atoms with Crippen LogP contribution in [0.1, 0.15) is 31.1 Å². The average Bonchev–Trinajstić information content (AvgIpc) is 2.36. The van der Waals surface area contributed by atoms with Crippen LogP contribution in [0.5, 0.6) is 0 Å². The molecule has 0 aliphatic heterocycles. The highest BCUT2D eigenvalue weighted by atomic mass is 79.9. The van der Waals surface area contributed by atoms with Gasteiger partial charge in [-0.15, -0.1) is 0 Å². The van der Waals surface area contributed by atoms with Crippen molar-refractivity contribution in [1.29, 1.82) is 0 Å². The quantitative estimate of drug-likeness (QED) is 0.802. The summed E-state index contributed by atoms with van der Waals surface area (Å²) < 4.78 is 6.09. The molecule has 6 heteroatoms. The molecule has 0 bridgehead atoms. The van der Waals surface area contributed by atoms with Crippen LogP contribution in [0.15, 0.2) is 16.7 Å². The maximum atomic E-state index is 12.2. The lowest BCUT2D eigenvalue weighted by Gasteiger charge is -2.22. The van der Waals surface area contributed by atoms with E-state index >= 15 is 0 Å². The molecule has 0 saturated carbocycles. The zero-order valence-corrected chi connectivity index (χ0v) is 13.6. The minimum Gasteiger partial charge on any atom is -0.380 e. The Morgan fingerprint density at radius 2 is 2.26 bits per heavy atom. The molecule has 1 heterocycles. The first-order chi connectivity index (χ1) is 8.95. The van der Waals surface area contributed by atoms with Crippen molar-refractivity contribution < 1.29 is 9.53 Å². The number of hydrogen-bond donors (Lipinski definition) is 1. The summed E-state index contributed by atoms with van der Waals surface area (Å²) in [6, 6.07) is 1.60. The SMILES string of the molecule is CCOCC(NC(=O)c1cc(Br)cnc1Cl)C(C)C. The number of pyridine rings is 1. The number of hydrogen-bond acceptors (Lipinski definition) is 3. The fourth-order valence-corrected chi connectivity index (χ4v) is 1.99. The van der Waals surface area contributed by atoms with E-state index < -0.39 is 0 Å². The maximum Gasteiger partial charge on any atom is 0.254 e. The van der Waals surface area contributed by atoms with Crippen molar-refractivity contribution in [3.05, 3.63) is 27.5 Å². The predicted molar refractivity (Wildman–Crippen MR) is 79.5 cm³/mol. The van der Waals surface area contributed by atoms with Crippen LogP contribution in [0.25, 0.3) is 0 Å². The van der Waals surface area contributed by atoms with Crippen LogP contribution in [-0.4, -0.2) is 30.1 Å². The highest BCUT2D eigenvalue weighted by molar-refractivity contribution is 9.10. The number of ether oxygens (including phenoxy) is 1. The van der Waals surface area contributed by atoms with Crippen molar-refractivity contribution in [2.75, 3.05) is 13.2 Å². The number of amides is 1. The van der Waals surface area contributed by atoms with Gasteiger partial charge in [-0.3, -0.25) is 4.79 Å². The van der Waals surface area contributed by atoms with Crippen LogP contribution in [0.2, 0.25) is 5.15 Å². The second-order valence-corrected chi connectivity index (χ2v) is 5.75. The summed E-state index contributed by atoms with van der Waals surface area (Å²) in [7, 11) is 0. The molecule has 1 aromatic heterocycles. The zero-order valence-electron chi connectivity index (χ0n) is 11.2. The van der Waals surface area contributed by atoms with Gasteiger partial charge in [0.05, 0.1) is 18.2 Å². The third kappa shape index (κ3) is 5.09. The molecule has 0 saturated heterocycles. The van der Waals surface area contributed by atoms with Crippen LogP contribution in [0.3, 0.4) is 0 Å². The molecular formula is C13H18BrClN2O2. The smallest absolute Gasteiger partial charge is 0.254 e. The molecular weight excluding hydrogens is 332 g/mol. The number of nitrogens with zero attached hydrogens (tertiary/aromatic N) is 1. The van der Waals surface area contributed by atoms with E-state index in [1.54, 1.807) is 12.3 Å². The predicted octanol–water partition coefficient (Wildman–Crippen LogP) is 3.29. The number of carbonyl (C=O) groups is 1. The second-order valence-electron chi connectivity index (χ2n) is 4.48. The van der Waals surface area contributed by atoms with E-state index in [9.17, 15) is 4.79 Å². The van der Waals surface area contributed by atoms with Crippen molar-refractivity contribution in [2.45, 2.75) is 26.8 Å². The lowest BCUT2D eigenvalue weighted by atomic mass is 10.0. The van der Waals surface area contributed by atoms with Crippen LogP contribution in [0, 0.1) is 5.92 Å². The Morgan fingerprint density at radius 3 is 2.84 bits per heavy atom. The summed E-state index contributed by atoms with van der Waals surface area (Å²) in [6.07, 6.45) is 1.55. The van der Waals surface area contributed by atoms with Crippen LogP contribution < -0.4 is 5.32 Å². The maximum absolute atomic E-state index is 12.2. The lowest BCUT2D eigenvalue weighted by molar-refractivity contribution is 0.0806. The second kappa shape index (κ2) is 7.82. The van der Waals surface area contributed by atoms with Gasteiger partial charge in [-0.05, 0) is 34.8 Å². The van der Waals surface area contributed by atoms with Gasteiger partial charge in [-0.1, -0.05) is 25.4 Å². The Labute approximate surface area is 127 Å². The van der Waals surface area contributed by atoms with E-state index in [2.05, 4.69) is 26.2 Å². The normalized spacial score (nSPS) is 12.5. The van der Waals surface area contributed by atoms with Gasteiger partial charge in [0.25, 0.3) is 5.91 Å². The first-order valence-corrected chi connectivity index (χ1v) is 7.32. The highest BCUT2D eigenvalue weighted by Crippen LogP contribution is 2.18. The first kappa shape index (κ1) is 16.4. The summed E-state index contributed by atoms with van der Waals surface area (Å²) in [5.74, 6) is 0.0339. The molecule has 0 aliphatic rings. The molecule has 106 valence electrons. The molecule has 0 fully saturated rings. The van der Waals surface area contributed by atoms with Crippen LogP contribution in [0.4, 0.5) is 0 Å². The van der Waals surface area contributed by atoms with Crippen molar-refractivity contribution in [3.8, 4) is 0 Å². The number of aromatic nitrogens is 1. The largest absolute Gasteiger partial charge is 0.380 e. The van der Waals surface area contributed by atoms with Gasteiger partial charge in [-0.2, -0.15) is 0 Å². The van der Waals surface area contributed by atoms with E-state index in [0.717, 1.165) is 0 Å². The number of carbonyl (C=O) groups excluding carboxylic acids is 1. The molecule has 1 unspecified atom stereocenters. The zero-order chi connectivity index (χ0) is 14.4. The Balaban J connectivity index is 2.78. The Morgan fingerprint density at radius 1 is 1.58 bits per heavy atom. The monoisotopic (exact) mass is 348 g/mol. The number of halogens is 2. The van der Waals surface area contributed by atoms with Gasteiger partial charge >= 0.3 is 0 Å². The van der Waals surface area contributed by atoms with Gasteiger partial charge in [0.1, 0.15) is 5.15 Å². The van der Waals surface area contributed by atoms with E-state index in [-0.39, 0.29) is 23.0 Å². The Bertz CT molecular complexity index is 441. The molecule has 4 nitrogen and oxygen atoms in total. The fourth-order valence-electron chi connectivity index (χ4n) is 1.47. The Kier molecular flexibility index (Phi) is 6.75. The minimum absolute atomic E-state index is 0.0532. The Hall–Kier alpha value is -0.650. The van der Waals surface area contributed by atoms with Gasteiger partial charge in [0.15, 0.2) is 0 Å². The molecule has 0 aromatic carbocycles. The summed E-state index contributed by atoms with van der Waals surface area (Å²) >= 11 is 9.21. The number of rotatable bonds is 6. The molecule has 1 aromatic rings. The third-order valence-electron chi connectivity index (χ3n) is 2.67. The van der Waals surface area contributed by atoms with E-state index in [4.69, 9.17) is 16.3 Å². The molecule has 0 aliphatic carbocycles. The molecule has 1 atom stereocenters. The van der Waals surface area contributed by atoms with Crippen molar-refractivity contribution >= 4 is 33.4 Å². The van der Waals surface area contributed by atoms with E-state index in [0.29, 0.717) is 23.2 Å². The standard InChI is InChI=1S/C13H18BrClN2O2/c1-4-19-7-11(8(2)3)17-13(18)10-5-9(14)6-16-12(10)15/h5-6,8,11H,4,7H2,1-3H3,(H,17,18). The van der Waals surface area contributed by atoms with Gasteiger partial charge < -0.3 is 10.1 Å². The van der Waals surface area contributed by atoms with Crippen LogP contribution in [-0.2, 0) is 4.74 Å². The van der Waals surface area contributed by atoms with Crippen LogP contribution >= 0.6 is 27.5 Å². The molecule has 1 rings (SSSR count). The minimum atomic E-state index is -0.239. The molecule has 0 spiro atoms. The van der Waals surface area contributed by atoms with E-state index in [1.165, 1.54) is 0 Å². The average molecular weight is 350 g/mol. The van der Waals surface area contributed by atoms with Gasteiger partial charge in [-0.25, -0.2) is 4.98 Å². The first-order valence-electron chi connectivity index (χ1n) is 6.15. The summed E-state index contributed by atoms with van der Waals surface area (Å²) in [4.78, 5) is 16.1. The van der Waals surface area contributed by atoms with Gasteiger partial charge in [0, 0.05) is 17.3 Å². The molecule has 1 N–H and O–H groups in total. The lowest BCUT2D eigenvalue weighted by Crippen LogP contribution is -2.42. The van der Waals surface area contributed by atoms with Crippen molar-refractivity contribution in [2.24, 2.45) is 5.92 Å². The topological polar surface area (TPSA) is 51.2 Å². The summed E-state index contributed by atoms with van der Waals surface area (Å²) in [5, 5.41) is 3.12. The molecule has 0 radical (unpaired) electrons. The summed E-state index contributed by atoms with van der Waals surface area (Å²) in [6.45, 7) is 7.10. The molecule has 1 amide bonds. The summed E-state index contributed by atoms with van der Waals surface area (Å²) in [5.41, 5.74) is 0.359. The number of nitrogens with one attached hydrogen (secondary N) is 1. The van der Waals surface area contributed by atoms with Crippen molar-refractivity contribution in [3.63, 3.8) is 0 Å². The highest BCUT2D eigenvalue weighted by Gasteiger charge is 2.19. The van der Waals surface area contributed by atoms with E-state index in [1.807, 2.05) is 20.8 Å². The molecule has 19 heavy (non-hydrogen) atoms. The van der Waals surface area contributed by atoms with Gasteiger partial charge in [0.2, 0.25) is 0 Å². The third-order valence-corrected chi connectivity index (χ3v) is 3.41. The van der Waals surface area contributed by atoms with Crippen molar-refractivity contribution in [1.82, 2.24) is 10.3 Å². The fraction of sp³-hybridized carbons (Fsp3) is 0.538.